The lowest BCUT2D eigenvalue weighted by molar-refractivity contribution is -0.143. The Morgan fingerprint density at radius 1 is 1.04 bits per heavy atom. The maximum Gasteiger partial charge on any atom is 0.0577 e. The molecule has 2 heteroatoms. The number of hydrogen-bond donors (Lipinski definition) is 2. The molecule has 4 fully saturated rings. The van der Waals surface area contributed by atoms with E-state index in [2.05, 4.69) is 20.4 Å². The van der Waals surface area contributed by atoms with E-state index in [0.29, 0.717) is 40.5 Å². The Morgan fingerprint density at radius 3 is 2.61 bits per heavy atom. The first-order valence-corrected chi connectivity index (χ1v) is 9.98. The molecule has 4 aliphatic carbocycles. The van der Waals surface area contributed by atoms with Gasteiger partial charge in [0.05, 0.1) is 6.10 Å². The van der Waals surface area contributed by atoms with E-state index in [1.165, 1.54) is 50.5 Å². The second-order valence-electron chi connectivity index (χ2n) is 9.77. The highest BCUT2D eigenvalue weighted by molar-refractivity contribution is 5.22. The predicted octanol–water partition coefficient (Wildman–Crippen LogP) is 4.27. The Labute approximate surface area is 141 Å². The van der Waals surface area contributed by atoms with Gasteiger partial charge >= 0.3 is 0 Å². The van der Waals surface area contributed by atoms with Crippen molar-refractivity contribution in [2.75, 3.05) is 0 Å². The van der Waals surface area contributed by atoms with E-state index in [0.717, 1.165) is 12.8 Å². The van der Waals surface area contributed by atoms with Gasteiger partial charge in [-0.2, -0.15) is 0 Å². The van der Waals surface area contributed by atoms with E-state index in [-0.39, 0.29) is 6.10 Å². The number of fused-ring (bicyclic) bond motifs is 5. The fourth-order valence-electron chi connectivity index (χ4n) is 7.32. The molecule has 0 aliphatic heterocycles. The zero-order valence-corrected chi connectivity index (χ0v) is 15.1. The predicted molar refractivity (Wildman–Crippen MR) is 94.8 cm³/mol. The quantitative estimate of drug-likeness (QED) is 0.655. The molecule has 3 N–H and O–H groups in total. The molecule has 0 radical (unpaired) electrons. The minimum atomic E-state index is -0.0945. The van der Waals surface area contributed by atoms with E-state index in [1.54, 1.807) is 0 Å². The summed E-state index contributed by atoms with van der Waals surface area (Å²) in [7, 11) is 0. The van der Waals surface area contributed by atoms with Crippen LogP contribution in [0.1, 0.15) is 71.6 Å². The average molecular weight is 318 g/mol. The van der Waals surface area contributed by atoms with Crippen LogP contribution < -0.4 is 5.73 Å². The molecule has 0 aromatic carbocycles. The Balaban J connectivity index is 1.69. The van der Waals surface area contributed by atoms with Crippen molar-refractivity contribution < 1.29 is 5.11 Å². The number of rotatable bonds is 0. The molecule has 2 nitrogen and oxygen atoms in total. The first-order valence-electron chi connectivity index (χ1n) is 9.98. The second-order valence-corrected chi connectivity index (χ2v) is 9.77. The van der Waals surface area contributed by atoms with Crippen LogP contribution in [0, 0.1) is 34.5 Å². The average Bonchev–Trinajstić information content (AvgIpc) is 2.73. The van der Waals surface area contributed by atoms with Crippen LogP contribution in [0.25, 0.3) is 0 Å². The van der Waals surface area contributed by atoms with Crippen molar-refractivity contribution in [1.82, 2.24) is 0 Å². The first kappa shape index (κ1) is 16.1. The summed E-state index contributed by atoms with van der Waals surface area (Å²) in [4.78, 5) is 0. The second kappa shape index (κ2) is 5.33. The standard InChI is InChI=1S/C21H35NO/c1-13-4-7-16-19-17(9-11-20(13,16)2)21(3)10-8-15(22)6-5-14(21)12-18(19)23/h14-19,23H,1,4-12,22H2,2-3H3/t14?,15?,16?,17?,18?,19?,20-,21?/m1/s1. The number of aliphatic hydroxyl groups is 1. The fraction of sp³-hybridized carbons (Fsp3) is 0.905. The van der Waals surface area contributed by atoms with E-state index in [9.17, 15) is 5.11 Å². The molecular weight excluding hydrogens is 282 g/mol. The van der Waals surface area contributed by atoms with E-state index in [4.69, 9.17) is 5.73 Å². The monoisotopic (exact) mass is 317 g/mol. The summed E-state index contributed by atoms with van der Waals surface area (Å²) in [5.74, 6) is 2.55. The summed E-state index contributed by atoms with van der Waals surface area (Å²) >= 11 is 0. The summed E-state index contributed by atoms with van der Waals surface area (Å²) in [5, 5.41) is 11.1. The van der Waals surface area contributed by atoms with Crippen LogP contribution in [0.4, 0.5) is 0 Å². The van der Waals surface area contributed by atoms with Gasteiger partial charge in [0, 0.05) is 6.04 Å². The van der Waals surface area contributed by atoms with Crippen LogP contribution in [0.2, 0.25) is 0 Å². The SMILES string of the molecule is C=C1CCC2C3C(O)CC4CCC(N)CCC4(C)C3CC[C@]12C. The molecule has 23 heavy (non-hydrogen) atoms. The van der Waals surface area contributed by atoms with Gasteiger partial charge in [-0.25, -0.2) is 0 Å². The van der Waals surface area contributed by atoms with Crippen LogP contribution in [0.15, 0.2) is 12.2 Å². The van der Waals surface area contributed by atoms with Gasteiger partial charge in [-0.05, 0) is 92.3 Å². The molecule has 8 atom stereocenters. The maximum absolute atomic E-state index is 11.1. The van der Waals surface area contributed by atoms with E-state index < -0.39 is 0 Å². The molecule has 0 saturated heterocycles. The largest absolute Gasteiger partial charge is 0.393 e. The third-order valence-electron chi connectivity index (χ3n) is 8.98. The van der Waals surface area contributed by atoms with Gasteiger partial charge in [-0.15, -0.1) is 0 Å². The Hall–Kier alpha value is -0.340. The Bertz CT molecular complexity index is 502. The van der Waals surface area contributed by atoms with Crippen molar-refractivity contribution in [3.8, 4) is 0 Å². The van der Waals surface area contributed by atoms with Crippen LogP contribution in [0.3, 0.4) is 0 Å². The van der Waals surface area contributed by atoms with Crippen molar-refractivity contribution >= 4 is 0 Å². The van der Waals surface area contributed by atoms with Crippen molar-refractivity contribution in [2.45, 2.75) is 83.8 Å². The highest BCUT2D eigenvalue weighted by Gasteiger charge is 2.60. The molecule has 0 bridgehead atoms. The number of allylic oxidation sites excluding steroid dienone is 1. The summed E-state index contributed by atoms with van der Waals surface area (Å²) in [5.41, 5.74) is 8.47. The molecule has 7 unspecified atom stereocenters. The van der Waals surface area contributed by atoms with Crippen molar-refractivity contribution in [1.29, 1.82) is 0 Å². The zero-order chi connectivity index (χ0) is 16.4. The normalized spacial score (nSPS) is 56.4. The first-order chi connectivity index (χ1) is 10.9. The van der Waals surface area contributed by atoms with Crippen LogP contribution in [-0.2, 0) is 0 Å². The van der Waals surface area contributed by atoms with E-state index in [1.807, 2.05) is 0 Å². The minimum absolute atomic E-state index is 0.0945. The van der Waals surface area contributed by atoms with Crippen LogP contribution in [0.5, 0.6) is 0 Å². The van der Waals surface area contributed by atoms with Crippen LogP contribution in [-0.4, -0.2) is 17.3 Å². The van der Waals surface area contributed by atoms with Crippen molar-refractivity contribution in [3.63, 3.8) is 0 Å². The fourth-order valence-corrected chi connectivity index (χ4v) is 7.32. The van der Waals surface area contributed by atoms with Gasteiger partial charge < -0.3 is 10.8 Å². The molecule has 0 heterocycles. The molecule has 4 saturated carbocycles. The van der Waals surface area contributed by atoms with Crippen molar-refractivity contribution in [3.05, 3.63) is 12.2 Å². The van der Waals surface area contributed by atoms with Gasteiger partial charge in [-0.1, -0.05) is 26.0 Å². The molecule has 0 aromatic rings. The third kappa shape index (κ3) is 2.20. The lowest BCUT2D eigenvalue weighted by Gasteiger charge is -2.60. The Morgan fingerprint density at radius 2 is 1.83 bits per heavy atom. The molecule has 0 amide bonds. The molecule has 130 valence electrons. The molecule has 0 spiro atoms. The molecule has 4 rings (SSSR count). The summed E-state index contributed by atoms with van der Waals surface area (Å²) in [6.07, 6.45) is 10.8. The Kier molecular flexibility index (Phi) is 3.74. The summed E-state index contributed by atoms with van der Waals surface area (Å²) < 4.78 is 0. The summed E-state index contributed by atoms with van der Waals surface area (Å²) in [6, 6.07) is 0.383. The number of nitrogens with two attached hydrogens (primary N) is 1. The topological polar surface area (TPSA) is 46.2 Å². The van der Waals surface area contributed by atoms with Crippen LogP contribution >= 0.6 is 0 Å². The number of aliphatic hydroxyl groups excluding tert-OH is 1. The summed E-state index contributed by atoms with van der Waals surface area (Å²) in [6.45, 7) is 9.38. The minimum Gasteiger partial charge on any atom is -0.393 e. The van der Waals surface area contributed by atoms with Gasteiger partial charge in [-0.3, -0.25) is 0 Å². The number of hydrogen-bond acceptors (Lipinski definition) is 2. The lowest BCUT2D eigenvalue weighted by atomic mass is 9.46. The molecule has 0 aromatic heterocycles. The third-order valence-corrected chi connectivity index (χ3v) is 8.98. The highest BCUT2D eigenvalue weighted by Crippen LogP contribution is 2.66. The lowest BCUT2D eigenvalue weighted by Crippen LogP contribution is -2.56. The molecular formula is C21H35NO. The maximum atomic E-state index is 11.1. The zero-order valence-electron chi connectivity index (χ0n) is 15.1. The van der Waals surface area contributed by atoms with Crippen molar-refractivity contribution in [2.24, 2.45) is 40.2 Å². The highest BCUT2D eigenvalue weighted by atomic mass is 16.3. The smallest absolute Gasteiger partial charge is 0.0577 e. The van der Waals surface area contributed by atoms with Gasteiger partial charge in [0.25, 0.3) is 0 Å². The van der Waals surface area contributed by atoms with Gasteiger partial charge in [0.2, 0.25) is 0 Å². The van der Waals surface area contributed by atoms with Gasteiger partial charge in [0.1, 0.15) is 0 Å². The van der Waals surface area contributed by atoms with Gasteiger partial charge in [0.15, 0.2) is 0 Å². The van der Waals surface area contributed by atoms with E-state index >= 15 is 0 Å². The molecule has 4 aliphatic rings.